The number of nitrogens with zero attached hydrogens (tertiary/aromatic N) is 3. The molecule has 0 aliphatic heterocycles. The molecular weight excluding hydrogens is 195 g/mol. The number of hydrogen-bond donors (Lipinski definition) is 0. The summed E-state index contributed by atoms with van der Waals surface area (Å²) in [5.41, 5.74) is 0. The molecule has 51 valence electrons. The van der Waals surface area contributed by atoms with Crippen LogP contribution in [-0.4, -0.2) is 23.4 Å². The number of hydrogen-bond acceptors (Lipinski definition) is 3. The second-order valence-corrected chi connectivity index (χ2v) is 2.16. The van der Waals surface area contributed by atoms with Crippen LogP contribution in [0.5, 0.6) is 0 Å². The van der Waals surface area contributed by atoms with Gasteiger partial charge in [-0.2, -0.15) is 15.0 Å². The quantitative estimate of drug-likeness (QED) is 0.588. The minimum Gasteiger partial charge on any atom is -0.187 e. The number of rotatable bonds is 0. The van der Waals surface area contributed by atoms with E-state index in [1.54, 1.807) is 0 Å². The fraction of sp³-hybridized carbons (Fsp3) is 0. The Morgan fingerprint density at radius 2 is 0.900 bits per heavy atom. The maximum Gasteiger partial charge on any atom is 0.227 e. The van der Waals surface area contributed by atoms with E-state index in [9.17, 15) is 0 Å². The molecule has 3 radical (unpaired) electrons. The van der Waals surface area contributed by atoms with Crippen LogP contribution in [-0.2, 0) is 0 Å². The van der Waals surface area contributed by atoms with Crippen LogP contribution < -0.4 is 0 Å². The Morgan fingerprint density at radius 3 is 1.10 bits per heavy atom. The fourth-order valence-electron chi connectivity index (χ4n) is 0.303. The first-order chi connectivity index (χ1) is 4.18. The monoisotopic (exact) mass is 194 g/mol. The van der Waals surface area contributed by atoms with Gasteiger partial charge in [0, 0.05) is 8.41 Å². The molecule has 1 aromatic heterocycles. The first-order valence-corrected chi connectivity index (χ1v) is 3.04. The van der Waals surface area contributed by atoms with Gasteiger partial charge < -0.3 is 0 Å². The third kappa shape index (κ3) is 2.69. The maximum atomic E-state index is 5.32. The highest BCUT2D eigenvalue weighted by molar-refractivity contribution is 6.33. The highest BCUT2D eigenvalue weighted by Crippen LogP contribution is 2.08. The van der Waals surface area contributed by atoms with Crippen LogP contribution in [0.25, 0.3) is 0 Å². The van der Waals surface area contributed by atoms with Crippen molar-refractivity contribution < 1.29 is 0 Å². The van der Waals surface area contributed by atoms with Crippen molar-refractivity contribution in [3.8, 4) is 0 Å². The van der Waals surface area contributed by atoms with Crippen LogP contribution in [0.4, 0.5) is 0 Å². The summed E-state index contributed by atoms with van der Waals surface area (Å²) in [6.45, 7) is 0. The van der Waals surface area contributed by atoms with Crippen LogP contribution in [0.3, 0.4) is 0 Å². The Bertz CT molecular complexity index is 180. The lowest BCUT2D eigenvalue weighted by Crippen LogP contribution is -1.87. The lowest BCUT2D eigenvalue weighted by molar-refractivity contribution is 1.05. The third-order valence-electron chi connectivity index (χ3n) is 0.554. The molecule has 0 bridgehead atoms. The van der Waals surface area contributed by atoms with Crippen molar-refractivity contribution in [3.05, 3.63) is 15.9 Å². The third-order valence-corrected chi connectivity index (χ3v) is 1.06. The zero-order valence-corrected chi connectivity index (χ0v) is 6.82. The molecule has 0 aromatic carbocycles. The molecule has 0 aliphatic carbocycles. The Hall–Kier alpha value is -0.0551. The normalized spacial score (nSPS) is 8.70. The van der Waals surface area contributed by atoms with Crippen molar-refractivity contribution in [2.24, 2.45) is 0 Å². The van der Waals surface area contributed by atoms with Crippen LogP contribution in [0, 0.1) is 0 Å². The van der Waals surface area contributed by atoms with E-state index in [0.717, 1.165) is 0 Å². The van der Waals surface area contributed by atoms with Crippen molar-refractivity contribution in [2.45, 2.75) is 0 Å². The van der Waals surface area contributed by atoms with Crippen molar-refractivity contribution in [2.75, 3.05) is 0 Å². The van der Waals surface area contributed by atoms with Gasteiger partial charge in [0.2, 0.25) is 15.9 Å². The second kappa shape index (κ2) is 3.96. The lowest BCUT2D eigenvalue weighted by atomic mass is 10.8. The van der Waals surface area contributed by atoms with Crippen LogP contribution in [0.15, 0.2) is 0 Å². The van der Waals surface area contributed by atoms with Gasteiger partial charge in [-0.25, -0.2) is 0 Å². The van der Waals surface area contributed by atoms with E-state index in [1.165, 1.54) is 0 Å². The van der Waals surface area contributed by atoms with E-state index in [1.807, 2.05) is 0 Å². The predicted molar refractivity (Wildman–Crippen MR) is 40.6 cm³/mol. The predicted octanol–water partition coefficient (Wildman–Crippen LogP) is 1.45. The van der Waals surface area contributed by atoms with E-state index >= 15 is 0 Å². The second-order valence-electron chi connectivity index (χ2n) is 1.14. The summed E-state index contributed by atoms with van der Waals surface area (Å²) in [6.07, 6.45) is 0. The molecule has 0 saturated carbocycles. The van der Waals surface area contributed by atoms with Gasteiger partial charge in [-0.1, -0.05) is 0 Å². The summed E-state index contributed by atoms with van der Waals surface area (Å²) < 4.78 is 0. The zero-order chi connectivity index (χ0) is 6.85. The van der Waals surface area contributed by atoms with Gasteiger partial charge in [0.05, 0.1) is 0 Å². The summed E-state index contributed by atoms with van der Waals surface area (Å²) in [7, 11) is 0. The fourth-order valence-corrected chi connectivity index (χ4v) is 0.913. The molecule has 0 atom stereocenters. The molecule has 0 saturated heterocycles. The highest BCUT2D eigenvalue weighted by Gasteiger charge is 1.97. The van der Waals surface area contributed by atoms with Crippen LogP contribution in [0.1, 0.15) is 0 Å². The summed E-state index contributed by atoms with van der Waals surface area (Å²) >= 11 is 16.0. The summed E-state index contributed by atoms with van der Waals surface area (Å²) in [4.78, 5) is 10.4. The molecule has 7 heteroatoms. The molecule has 1 heterocycles. The lowest BCUT2D eigenvalue weighted by Gasteiger charge is -1.88. The minimum absolute atomic E-state index is 0. The molecule has 10 heavy (non-hydrogen) atoms. The molecule has 1 aromatic rings. The van der Waals surface area contributed by atoms with Gasteiger partial charge in [0.1, 0.15) is 0 Å². The SMILES string of the molecule is Clc1nc(Cl)nc(Cl)n1.[B]. The molecular formula is C3BCl3N3. The molecule has 0 unspecified atom stereocenters. The Balaban J connectivity index is 0.000000810. The number of aromatic nitrogens is 3. The maximum absolute atomic E-state index is 5.32. The molecule has 0 spiro atoms. The Kier molecular flexibility index (Phi) is 3.94. The summed E-state index contributed by atoms with van der Waals surface area (Å²) in [5.74, 6) is 0. The van der Waals surface area contributed by atoms with Crippen molar-refractivity contribution in [1.82, 2.24) is 15.0 Å². The molecule has 0 amide bonds. The Morgan fingerprint density at radius 1 is 0.700 bits per heavy atom. The van der Waals surface area contributed by atoms with Crippen molar-refractivity contribution in [3.63, 3.8) is 0 Å². The zero-order valence-electron chi connectivity index (χ0n) is 4.55. The summed E-state index contributed by atoms with van der Waals surface area (Å²) in [5, 5.41) is 0.00000000000000178. The van der Waals surface area contributed by atoms with E-state index in [4.69, 9.17) is 34.8 Å². The van der Waals surface area contributed by atoms with Gasteiger partial charge in [-0.15, -0.1) is 0 Å². The van der Waals surface area contributed by atoms with Crippen molar-refractivity contribution >= 4 is 43.2 Å². The topological polar surface area (TPSA) is 38.7 Å². The standard InChI is InChI=1S/C3Cl3N3.B/c4-1-7-2(5)9-3(6)8-1;. The van der Waals surface area contributed by atoms with E-state index < -0.39 is 0 Å². The summed E-state index contributed by atoms with van der Waals surface area (Å²) in [6, 6.07) is 0. The molecule has 0 aliphatic rings. The highest BCUT2D eigenvalue weighted by atomic mass is 35.5. The van der Waals surface area contributed by atoms with E-state index in [2.05, 4.69) is 15.0 Å². The van der Waals surface area contributed by atoms with Gasteiger partial charge in [-0.3, -0.25) is 0 Å². The largest absolute Gasteiger partial charge is 0.227 e. The van der Waals surface area contributed by atoms with Gasteiger partial charge in [0.15, 0.2) is 0 Å². The van der Waals surface area contributed by atoms with E-state index in [0.29, 0.717) is 0 Å². The van der Waals surface area contributed by atoms with E-state index in [-0.39, 0.29) is 24.3 Å². The minimum atomic E-state index is 0. The molecule has 3 nitrogen and oxygen atoms in total. The first-order valence-electron chi connectivity index (χ1n) is 1.91. The average Bonchev–Trinajstić information content (AvgIpc) is 1.59. The van der Waals surface area contributed by atoms with Gasteiger partial charge in [-0.05, 0) is 34.8 Å². The Labute approximate surface area is 74.3 Å². The molecule has 0 N–H and O–H groups in total. The number of halogens is 3. The van der Waals surface area contributed by atoms with Gasteiger partial charge in [0.25, 0.3) is 0 Å². The van der Waals surface area contributed by atoms with Crippen molar-refractivity contribution in [1.29, 1.82) is 0 Å². The molecule has 1 rings (SSSR count). The van der Waals surface area contributed by atoms with Crippen LogP contribution in [0.2, 0.25) is 15.9 Å². The first kappa shape index (κ1) is 9.94. The van der Waals surface area contributed by atoms with Crippen LogP contribution >= 0.6 is 34.8 Å². The molecule has 0 fully saturated rings. The smallest absolute Gasteiger partial charge is 0.187 e. The van der Waals surface area contributed by atoms with Gasteiger partial charge >= 0.3 is 0 Å². The average molecular weight is 195 g/mol.